The largest absolute Gasteiger partial charge is 0.476 e. The number of rotatable bonds is 3. The third-order valence-electron chi connectivity index (χ3n) is 2.36. The van der Waals surface area contributed by atoms with Gasteiger partial charge >= 0.3 is 5.97 Å². The number of carboxylic acids is 1. The number of nitriles is 1. The highest BCUT2D eigenvalue weighted by molar-refractivity contribution is 5.84. The highest BCUT2D eigenvalue weighted by Gasteiger charge is 2.08. The summed E-state index contributed by atoms with van der Waals surface area (Å²) in [6.45, 7) is 0.0805. The van der Waals surface area contributed by atoms with Crippen LogP contribution in [0.4, 0.5) is 0 Å². The highest BCUT2D eigenvalue weighted by Crippen LogP contribution is 2.02. The summed E-state index contributed by atoms with van der Waals surface area (Å²) in [6, 6.07) is 7.32. The van der Waals surface area contributed by atoms with Gasteiger partial charge in [0.05, 0.1) is 6.54 Å². The third kappa shape index (κ3) is 2.81. The highest BCUT2D eigenvalue weighted by atomic mass is 16.4. The number of carbonyl (C=O) groups is 1. The Kier molecular flexibility index (Phi) is 3.34. The molecule has 0 aliphatic carbocycles. The summed E-state index contributed by atoms with van der Waals surface area (Å²) >= 11 is 0. The predicted molar refractivity (Wildman–Crippen MR) is 63.5 cm³/mol. The fourth-order valence-electron chi connectivity index (χ4n) is 1.48. The van der Waals surface area contributed by atoms with E-state index in [0.29, 0.717) is 5.56 Å². The van der Waals surface area contributed by atoms with E-state index < -0.39 is 11.5 Å². The molecule has 2 rings (SSSR count). The summed E-state index contributed by atoms with van der Waals surface area (Å²) in [4.78, 5) is 26.2. The molecular formula is C12H8N4O3. The van der Waals surface area contributed by atoms with E-state index in [1.54, 1.807) is 6.07 Å². The Morgan fingerprint density at radius 3 is 2.89 bits per heavy atom. The van der Waals surface area contributed by atoms with E-state index >= 15 is 0 Å². The molecule has 0 bridgehead atoms. The predicted octanol–water partition coefficient (Wildman–Crippen LogP) is 0.256. The lowest BCUT2D eigenvalue weighted by Crippen LogP contribution is -2.24. The van der Waals surface area contributed by atoms with Crippen molar-refractivity contribution in [3.63, 3.8) is 0 Å². The Balaban J connectivity index is 2.37. The molecule has 0 spiro atoms. The Hall–Kier alpha value is -3.01. The van der Waals surface area contributed by atoms with Crippen molar-refractivity contribution in [1.82, 2.24) is 14.8 Å². The summed E-state index contributed by atoms with van der Waals surface area (Å²) in [5.41, 5.74) is 0.234. The Bertz CT molecular complexity index is 730. The van der Waals surface area contributed by atoms with E-state index in [1.807, 2.05) is 6.07 Å². The molecule has 2 aromatic rings. The average Bonchev–Trinajstić information content (AvgIpc) is 2.41. The first kappa shape index (κ1) is 12.4. The Morgan fingerprint density at radius 2 is 2.21 bits per heavy atom. The maximum atomic E-state index is 11.6. The van der Waals surface area contributed by atoms with Crippen molar-refractivity contribution in [2.24, 2.45) is 0 Å². The van der Waals surface area contributed by atoms with Crippen LogP contribution in [0.1, 0.15) is 21.7 Å². The summed E-state index contributed by atoms with van der Waals surface area (Å²) in [7, 11) is 0. The molecule has 0 aliphatic heterocycles. The van der Waals surface area contributed by atoms with Crippen molar-refractivity contribution in [2.45, 2.75) is 6.54 Å². The van der Waals surface area contributed by atoms with Crippen LogP contribution in [-0.2, 0) is 6.54 Å². The maximum Gasteiger partial charge on any atom is 0.356 e. The first-order valence-corrected chi connectivity index (χ1v) is 5.26. The van der Waals surface area contributed by atoms with Gasteiger partial charge in [-0.3, -0.25) is 4.79 Å². The average molecular weight is 256 g/mol. The number of nitrogens with zero attached hydrogens (tertiary/aromatic N) is 4. The SMILES string of the molecule is N#Cc1cc(Cn2nc(C(=O)O)ccc2=O)ccn1. The van der Waals surface area contributed by atoms with E-state index in [4.69, 9.17) is 10.4 Å². The molecule has 0 atom stereocenters. The fourth-order valence-corrected chi connectivity index (χ4v) is 1.48. The van der Waals surface area contributed by atoms with Crippen LogP contribution in [-0.4, -0.2) is 25.8 Å². The van der Waals surface area contributed by atoms with Gasteiger partial charge in [0.2, 0.25) is 0 Å². The van der Waals surface area contributed by atoms with Gasteiger partial charge in [-0.2, -0.15) is 10.4 Å². The molecule has 0 amide bonds. The molecule has 0 fully saturated rings. The molecule has 0 unspecified atom stereocenters. The maximum absolute atomic E-state index is 11.6. The van der Waals surface area contributed by atoms with Crippen LogP contribution >= 0.6 is 0 Å². The van der Waals surface area contributed by atoms with Gasteiger partial charge < -0.3 is 5.11 Å². The zero-order valence-corrected chi connectivity index (χ0v) is 9.65. The van der Waals surface area contributed by atoms with Crippen LogP contribution in [0, 0.1) is 11.3 Å². The summed E-state index contributed by atoms with van der Waals surface area (Å²) in [5.74, 6) is -1.21. The standard InChI is InChI=1S/C12H8N4O3/c13-6-9-5-8(3-4-14-9)7-16-11(17)2-1-10(15-16)12(18)19/h1-5H,7H2,(H,18,19). The lowest BCUT2D eigenvalue weighted by Gasteiger charge is -2.05. The first-order valence-electron chi connectivity index (χ1n) is 5.26. The van der Waals surface area contributed by atoms with Gasteiger partial charge in [-0.25, -0.2) is 14.5 Å². The number of hydrogen-bond donors (Lipinski definition) is 1. The second-order valence-corrected chi connectivity index (χ2v) is 3.68. The molecule has 19 heavy (non-hydrogen) atoms. The van der Waals surface area contributed by atoms with Crippen molar-refractivity contribution in [3.05, 3.63) is 57.8 Å². The van der Waals surface area contributed by atoms with Gasteiger partial charge in [-0.05, 0) is 23.8 Å². The number of aromatic nitrogens is 3. The number of pyridine rings is 1. The Labute approximate surface area is 107 Å². The van der Waals surface area contributed by atoms with Crippen LogP contribution in [0.3, 0.4) is 0 Å². The van der Waals surface area contributed by atoms with E-state index in [-0.39, 0.29) is 17.9 Å². The number of aromatic carboxylic acids is 1. The Morgan fingerprint density at radius 1 is 1.42 bits per heavy atom. The molecule has 1 N–H and O–H groups in total. The topological polar surface area (TPSA) is 109 Å². The van der Waals surface area contributed by atoms with Gasteiger partial charge in [-0.15, -0.1) is 0 Å². The minimum atomic E-state index is -1.21. The minimum Gasteiger partial charge on any atom is -0.476 e. The summed E-state index contributed by atoms with van der Waals surface area (Å²) in [5, 5.41) is 21.3. The monoisotopic (exact) mass is 256 g/mol. The van der Waals surface area contributed by atoms with Crippen molar-refractivity contribution in [2.75, 3.05) is 0 Å². The van der Waals surface area contributed by atoms with Gasteiger partial charge in [-0.1, -0.05) is 0 Å². The van der Waals surface area contributed by atoms with Crippen molar-refractivity contribution in [3.8, 4) is 6.07 Å². The molecule has 7 nitrogen and oxygen atoms in total. The lowest BCUT2D eigenvalue weighted by molar-refractivity contribution is 0.0687. The zero-order valence-electron chi connectivity index (χ0n) is 9.65. The summed E-state index contributed by atoms with van der Waals surface area (Å²) < 4.78 is 1.03. The number of hydrogen-bond acceptors (Lipinski definition) is 5. The molecule has 0 radical (unpaired) electrons. The quantitative estimate of drug-likeness (QED) is 0.843. The smallest absolute Gasteiger partial charge is 0.356 e. The molecule has 0 saturated heterocycles. The van der Waals surface area contributed by atoms with E-state index in [2.05, 4.69) is 10.1 Å². The lowest BCUT2D eigenvalue weighted by atomic mass is 10.2. The fraction of sp³-hybridized carbons (Fsp3) is 0.0833. The minimum absolute atomic E-state index is 0.0805. The van der Waals surface area contributed by atoms with Crippen molar-refractivity contribution >= 4 is 5.97 Å². The van der Waals surface area contributed by atoms with Gasteiger partial charge in [0.25, 0.3) is 5.56 Å². The van der Waals surface area contributed by atoms with Crippen molar-refractivity contribution in [1.29, 1.82) is 5.26 Å². The molecular weight excluding hydrogens is 248 g/mol. The normalized spacial score (nSPS) is 9.84. The molecule has 0 aliphatic rings. The van der Waals surface area contributed by atoms with Gasteiger partial charge in [0, 0.05) is 12.3 Å². The molecule has 0 saturated carbocycles. The van der Waals surface area contributed by atoms with Crippen LogP contribution < -0.4 is 5.56 Å². The van der Waals surface area contributed by atoms with Crippen molar-refractivity contribution < 1.29 is 9.90 Å². The van der Waals surface area contributed by atoms with Crippen LogP contribution in [0.5, 0.6) is 0 Å². The van der Waals surface area contributed by atoms with Crippen LogP contribution in [0.15, 0.2) is 35.3 Å². The molecule has 2 heterocycles. The second kappa shape index (κ2) is 5.10. The zero-order chi connectivity index (χ0) is 13.8. The van der Waals surface area contributed by atoms with Gasteiger partial charge in [0.15, 0.2) is 5.69 Å². The van der Waals surface area contributed by atoms with E-state index in [9.17, 15) is 9.59 Å². The van der Waals surface area contributed by atoms with E-state index in [1.165, 1.54) is 12.3 Å². The molecule has 0 aromatic carbocycles. The molecule has 7 heteroatoms. The third-order valence-corrected chi connectivity index (χ3v) is 2.36. The van der Waals surface area contributed by atoms with E-state index in [0.717, 1.165) is 16.8 Å². The summed E-state index contributed by atoms with van der Waals surface area (Å²) in [6.07, 6.45) is 1.44. The molecule has 2 aromatic heterocycles. The van der Waals surface area contributed by atoms with Crippen LogP contribution in [0.25, 0.3) is 0 Å². The molecule has 94 valence electrons. The number of carboxylic acid groups (broad SMARTS) is 1. The second-order valence-electron chi connectivity index (χ2n) is 3.68. The van der Waals surface area contributed by atoms with Crippen LogP contribution in [0.2, 0.25) is 0 Å². The first-order chi connectivity index (χ1) is 9.10. The van der Waals surface area contributed by atoms with Gasteiger partial charge in [0.1, 0.15) is 11.8 Å².